The van der Waals surface area contributed by atoms with Gasteiger partial charge in [-0.2, -0.15) is 0 Å². The van der Waals surface area contributed by atoms with Crippen molar-refractivity contribution in [2.45, 2.75) is 26.3 Å². The summed E-state index contributed by atoms with van der Waals surface area (Å²) in [6, 6.07) is 7.07. The number of nitrogens with zero attached hydrogens (tertiary/aromatic N) is 2. The number of carbonyl (C=O) groups is 4. The van der Waals surface area contributed by atoms with Crippen LogP contribution in [0.4, 0.5) is 0 Å². The van der Waals surface area contributed by atoms with Crippen LogP contribution >= 0.6 is 11.3 Å². The second-order valence-corrected chi connectivity index (χ2v) is 8.16. The molecule has 0 bridgehead atoms. The highest BCUT2D eigenvalue weighted by Crippen LogP contribution is 2.25. The van der Waals surface area contributed by atoms with Crippen LogP contribution < -0.4 is 0 Å². The lowest BCUT2D eigenvalue weighted by molar-refractivity contribution is -0.152. The second-order valence-electron chi connectivity index (χ2n) is 7.16. The van der Waals surface area contributed by atoms with E-state index in [2.05, 4.69) is 0 Å². The summed E-state index contributed by atoms with van der Waals surface area (Å²) >= 11 is 1.69. The number of esters is 1. The fraction of sp³-hybridized carbons (Fsp3) is 0.333. The average molecular weight is 412 g/mol. The molecule has 3 amide bonds. The topological polar surface area (TPSA) is 84.0 Å². The van der Waals surface area contributed by atoms with Crippen LogP contribution in [0.1, 0.15) is 43.1 Å². The standard InChI is InChI=1S/C21H20N2O5S/c1-13-2-3-15-16(10-13)21(27)23(20(15)26)8-5-19(25)28-12-18(24)22-7-4-17-14(11-22)6-9-29-17/h2-3,6,9-10H,4-5,7-8,11-12H2,1H3. The van der Waals surface area contributed by atoms with E-state index in [1.54, 1.807) is 34.4 Å². The first-order valence-electron chi connectivity index (χ1n) is 9.39. The van der Waals surface area contributed by atoms with Gasteiger partial charge in [-0.1, -0.05) is 11.6 Å². The Morgan fingerprint density at radius 3 is 2.76 bits per heavy atom. The Balaban J connectivity index is 1.26. The van der Waals surface area contributed by atoms with Crippen LogP contribution in [-0.2, 0) is 27.3 Å². The number of benzene rings is 1. The molecule has 29 heavy (non-hydrogen) atoms. The fourth-order valence-corrected chi connectivity index (χ4v) is 4.47. The number of fused-ring (bicyclic) bond motifs is 2. The number of amides is 3. The lowest BCUT2D eigenvalue weighted by atomic mass is 10.1. The van der Waals surface area contributed by atoms with Crippen molar-refractivity contribution in [3.63, 3.8) is 0 Å². The number of hydrogen-bond donors (Lipinski definition) is 0. The van der Waals surface area contributed by atoms with Crippen molar-refractivity contribution < 1.29 is 23.9 Å². The molecule has 0 fully saturated rings. The van der Waals surface area contributed by atoms with Crippen molar-refractivity contribution in [2.24, 2.45) is 0 Å². The van der Waals surface area contributed by atoms with E-state index in [0.717, 1.165) is 22.4 Å². The van der Waals surface area contributed by atoms with Crippen LogP contribution in [-0.4, -0.2) is 53.2 Å². The number of thiophene rings is 1. The predicted octanol–water partition coefficient (Wildman–Crippen LogP) is 2.17. The molecule has 0 radical (unpaired) electrons. The summed E-state index contributed by atoms with van der Waals surface area (Å²) in [5.74, 6) is -1.67. The zero-order valence-electron chi connectivity index (χ0n) is 16.0. The summed E-state index contributed by atoms with van der Waals surface area (Å²) in [6.07, 6.45) is 0.665. The van der Waals surface area contributed by atoms with Crippen molar-refractivity contribution in [1.29, 1.82) is 0 Å². The van der Waals surface area contributed by atoms with Crippen molar-refractivity contribution in [2.75, 3.05) is 19.7 Å². The number of ether oxygens (including phenoxy) is 1. The third-order valence-electron chi connectivity index (χ3n) is 5.18. The molecule has 1 aromatic heterocycles. The molecule has 2 aliphatic heterocycles. The van der Waals surface area contributed by atoms with E-state index in [9.17, 15) is 19.2 Å². The Morgan fingerprint density at radius 1 is 1.14 bits per heavy atom. The van der Waals surface area contributed by atoms with E-state index in [-0.39, 0.29) is 25.5 Å². The van der Waals surface area contributed by atoms with Gasteiger partial charge < -0.3 is 9.64 Å². The second kappa shape index (κ2) is 7.79. The largest absolute Gasteiger partial charge is 0.456 e. The van der Waals surface area contributed by atoms with Crippen molar-refractivity contribution in [3.05, 3.63) is 56.8 Å². The molecule has 8 heteroatoms. The molecule has 7 nitrogen and oxygen atoms in total. The first kappa shape index (κ1) is 19.3. The normalized spacial score (nSPS) is 15.3. The molecule has 0 aliphatic carbocycles. The maximum absolute atomic E-state index is 12.4. The zero-order chi connectivity index (χ0) is 20.5. The number of imide groups is 1. The van der Waals surface area contributed by atoms with E-state index >= 15 is 0 Å². The predicted molar refractivity (Wildman–Crippen MR) is 106 cm³/mol. The van der Waals surface area contributed by atoms with Crippen molar-refractivity contribution >= 4 is 35.0 Å². The molecule has 2 aliphatic rings. The van der Waals surface area contributed by atoms with Crippen LogP contribution in [0, 0.1) is 6.92 Å². The Hall–Kier alpha value is -3.00. The van der Waals surface area contributed by atoms with Crippen LogP contribution in [0.15, 0.2) is 29.6 Å². The van der Waals surface area contributed by atoms with Crippen LogP contribution in [0.3, 0.4) is 0 Å². The van der Waals surface area contributed by atoms with E-state index in [4.69, 9.17) is 4.74 Å². The lowest BCUT2D eigenvalue weighted by Crippen LogP contribution is -2.38. The summed E-state index contributed by atoms with van der Waals surface area (Å²) < 4.78 is 5.08. The summed E-state index contributed by atoms with van der Waals surface area (Å²) in [6.45, 7) is 2.58. The summed E-state index contributed by atoms with van der Waals surface area (Å²) in [5, 5.41) is 2.01. The minimum Gasteiger partial charge on any atom is -0.456 e. The number of rotatable bonds is 5. The van der Waals surface area contributed by atoms with Crippen molar-refractivity contribution in [3.8, 4) is 0 Å². The van der Waals surface area contributed by atoms with Gasteiger partial charge in [-0.3, -0.25) is 24.1 Å². The molecule has 0 spiro atoms. The molecular formula is C21H20N2O5S. The van der Waals surface area contributed by atoms with E-state index in [1.165, 1.54) is 4.88 Å². The van der Waals surface area contributed by atoms with Crippen LogP contribution in [0.5, 0.6) is 0 Å². The zero-order valence-corrected chi connectivity index (χ0v) is 16.8. The molecule has 0 N–H and O–H groups in total. The molecule has 4 rings (SSSR count). The highest BCUT2D eigenvalue weighted by molar-refractivity contribution is 7.10. The molecule has 1 aromatic carbocycles. The summed E-state index contributed by atoms with van der Waals surface area (Å²) in [5.41, 5.74) is 2.73. The van der Waals surface area contributed by atoms with Gasteiger partial charge in [0.05, 0.1) is 17.5 Å². The fourth-order valence-electron chi connectivity index (χ4n) is 3.58. The average Bonchev–Trinajstić information content (AvgIpc) is 3.27. The van der Waals surface area contributed by atoms with Gasteiger partial charge in [-0.05, 0) is 42.5 Å². The molecule has 3 heterocycles. The molecule has 150 valence electrons. The van der Waals surface area contributed by atoms with E-state index in [0.29, 0.717) is 24.2 Å². The SMILES string of the molecule is Cc1ccc2c(c1)C(=O)N(CCC(=O)OCC(=O)N1CCc3sccc3C1)C2=O. The minimum absolute atomic E-state index is 0.0691. The van der Waals surface area contributed by atoms with Crippen molar-refractivity contribution in [1.82, 2.24) is 9.80 Å². The van der Waals surface area contributed by atoms with E-state index < -0.39 is 17.8 Å². The monoisotopic (exact) mass is 412 g/mol. The molecule has 0 saturated carbocycles. The first-order chi connectivity index (χ1) is 13.9. The quantitative estimate of drug-likeness (QED) is 0.555. The van der Waals surface area contributed by atoms with Gasteiger partial charge in [0.25, 0.3) is 17.7 Å². The highest BCUT2D eigenvalue weighted by atomic mass is 32.1. The Labute approximate surface area is 171 Å². The Bertz CT molecular complexity index is 1010. The maximum atomic E-state index is 12.4. The van der Waals surface area contributed by atoms with Gasteiger partial charge in [0.2, 0.25) is 0 Å². The smallest absolute Gasteiger partial charge is 0.308 e. The van der Waals surface area contributed by atoms with E-state index in [1.807, 2.05) is 18.4 Å². The third-order valence-corrected chi connectivity index (χ3v) is 6.21. The van der Waals surface area contributed by atoms with Crippen LogP contribution in [0.2, 0.25) is 0 Å². The van der Waals surface area contributed by atoms with Crippen LogP contribution in [0.25, 0.3) is 0 Å². The van der Waals surface area contributed by atoms with Gasteiger partial charge in [0, 0.05) is 24.5 Å². The highest BCUT2D eigenvalue weighted by Gasteiger charge is 2.35. The van der Waals surface area contributed by atoms with Gasteiger partial charge in [0.1, 0.15) is 0 Å². The lowest BCUT2D eigenvalue weighted by Gasteiger charge is -2.26. The maximum Gasteiger partial charge on any atom is 0.308 e. The van der Waals surface area contributed by atoms with Gasteiger partial charge >= 0.3 is 5.97 Å². The molecule has 2 aromatic rings. The molecular weight excluding hydrogens is 392 g/mol. The third kappa shape index (κ3) is 3.80. The summed E-state index contributed by atoms with van der Waals surface area (Å²) in [7, 11) is 0. The Morgan fingerprint density at radius 2 is 1.93 bits per heavy atom. The number of aryl methyl sites for hydroxylation is 1. The van der Waals surface area contributed by atoms with Gasteiger partial charge in [-0.15, -0.1) is 11.3 Å². The number of carbonyl (C=O) groups excluding carboxylic acids is 4. The molecule has 0 atom stereocenters. The molecule has 0 saturated heterocycles. The first-order valence-corrected chi connectivity index (χ1v) is 10.3. The van der Waals surface area contributed by atoms with Gasteiger partial charge in [-0.25, -0.2) is 0 Å². The summed E-state index contributed by atoms with van der Waals surface area (Å²) in [4.78, 5) is 53.2. The molecule has 0 unspecified atom stereocenters. The van der Waals surface area contributed by atoms with Gasteiger partial charge in [0.15, 0.2) is 6.61 Å². The number of hydrogen-bond acceptors (Lipinski definition) is 6. The Kier molecular flexibility index (Phi) is 5.19. The minimum atomic E-state index is -0.612.